The number of fused-ring (bicyclic) bond motifs is 1. The van der Waals surface area contributed by atoms with Crippen LogP contribution < -0.4 is 10.2 Å². The zero-order chi connectivity index (χ0) is 19.5. The molecule has 2 N–H and O–H groups in total. The highest BCUT2D eigenvalue weighted by atomic mass is 16.4. The summed E-state index contributed by atoms with van der Waals surface area (Å²) < 4.78 is 0. The number of hydrogen-bond acceptors (Lipinski definition) is 3. The van der Waals surface area contributed by atoms with Gasteiger partial charge in [0, 0.05) is 31.2 Å². The van der Waals surface area contributed by atoms with Crippen LogP contribution >= 0.6 is 0 Å². The lowest BCUT2D eigenvalue weighted by Gasteiger charge is -2.34. The Morgan fingerprint density at radius 1 is 1.07 bits per heavy atom. The largest absolute Gasteiger partial charge is 0.481 e. The molecule has 4 rings (SSSR count). The van der Waals surface area contributed by atoms with Crippen molar-refractivity contribution in [2.24, 2.45) is 5.92 Å². The zero-order valence-electron chi connectivity index (χ0n) is 16.5. The number of rotatable bonds is 5. The molecule has 2 fully saturated rings. The van der Waals surface area contributed by atoms with E-state index in [0.717, 1.165) is 76.8 Å². The van der Waals surface area contributed by atoms with E-state index in [1.807, 2.05) is 4.90 Å². The fourth-order valence-corrected chi connectivity index (χ4v) is 5.03. The molecule has 0 atom stereocenters. The van der Waals surface area contributed by atoms with Gasteiger partial charge in [0.2, 0.25) is 0 Å². The third kappa shape index (κ3) is 4.17. The number of carboxylic acid groups (broad SMARTS) is 1. The topological polar surface area (TPSA) is 72.9 Å². The van der Waals surface area contributed by atoms with Crippen molar-refractivity contribution in [3.8, 4) is 0 Å². The Balaban J connectivity index is 1.37. The molecule has 0 unspecified atom stereocenters. The number of carbonyl (C=O) groups excluding carboxylic acids is 1. The van der Waals surface area contributed by atoms with E-state index in [0.29, 0.717) is 12.0 Å². The van der Waals surface area contributed by atoms with E-state index < -0.39 is 5.97 Å². The summed E-state index contributed by atoms with van der Waals surface area (Å²) in [4.78, 5) is 27.9. The molecule has 2 aliphatic heterocycles. The molecule has 6 heteroatoms. The third-order valence-corrected chi connectivity index (χ3v) is 6.71. The second-order valence-corrected chi connectivity index (χ2v) is 8.44. The number of nitrogens with zero attached hydrogens (tertiary/aromatic N) is 2. The smallest absolute Gasteiger partial charge is 0.324 e. The quantitative estimate of drug-likeness (QED) is 0.817. The van der Waals surface area contributed by atoms with E-state index in [2.05, 4.69) is 28.4 Å². The van der Waals surface area contributed by atoms with E-state index in [4.69, 9.17) is 5.11 Å². The highest BCUT2D eigenvalue weighted by Crippen LogP contribution is 2.33. The van der Waals surface area contributed by atoms with Gasteiger partial charge in [-0.05, 0) is 87.2 Å². The first-order chi connectivity index (χ1) is 13.6. The summed E-state index contributed by atoms with van der Waals surface area (Å²) in [7, 11) is 0. The number of anilines is 1. The minimum atomic E-state index is -0.705. The second-order valence-electron chi connectivity index (χ2n) is 8.44. The third-order valence-electron chi connectivity index (χ3n) is 6.71. The van der Waals surface area contributed by atoms with Gasteiger partial charge >= 0.3 is 12.0 Å². The number of carbonyl (C=O) groups is 2. The molecule has 1 aromatic rings. The monoisotopic (exact) mass is 385 g/mol. The SMILES string of the molecule is O=C(O)CCC1CCC(N2CCN(c3ccc4c(c3)CCNCC4)C2=O)CC1. The predicted molar refractivity (Wildman–Crippen MR) is 109 cm³/mol. The normalized spacial score (nSPS) is 25.5. The minimum absolute atomic E-state index is 0.140. The van der Waals surface area contributed by atoms with Crippen molar-refractivity contribution in [1.29, 1.82) is 0 Å². The van der Waals surface area contributed by atoms with Gasteiger partial charge in [0.1, 0.15) is 0 Å². The molecule has 1 aromatic carbocycles. The zero-order valence-corrected chi connectivity index (χ0v) is 16.5. The van der Waals surface area contributed by atoms with Gasteiger partial charge in [-0.1, -0.05) is 6.07 Å². The maximum absolute atomic E-state index is 13.1. The van der Waals surface area contributed by atoms with Crippen molar-refractivity contribution >= 4 is 17.7 Å². The first-order valence-electron chi connectivity index (χ1n) is 10.7. The number of carboxylic acids is 1. The van der Waals surface area contributed by atoms with Gasteiger partial charge in [0.05, 0.1) is 0 Å². The Labute approximate surface area is 166 Å². The summed E-state index contributed by atoms with van der Waals surface area (Å²) in [6.07, 6.45) is 7.18. The lowest BCUT2D eigenvalue weighted by Crippen LogP contribution is -2.41. The van der Waals surface area contributed by atoms with E-state index in [-0.39, 0.29) is 12.5 Å². The van der Waals surface area contributed by atoms with Crippen molar-refractivity contribution < 1.29 is 14.7 Å². The summed E-state index contributed by atoms with van der Waals surface area (Å²) in [5.41, 5.74) is 3.80. The highest BCUT2D eigenvalue weighted by Gasteiger charge is 2.36. The average molecular weight is 386 g/mol. The average Bonchev–Trinajstić information content (AvgIpc) is 2.93. The van der Waals surface area contributed by atoms with Crippen molar-refractivity contribution in [3.05, 3.63) is 29.3 Å². The van der Waals surface area contributed by atoms with Gasteiger partial charge in [-0.25, -0.2) is 4.79 Å². The number of aliphatic carboxylic acids is 1. The number of nitrogens with one attached hydrogen (secondary N) is 1. The Hall–Kier alpha value is -2.08. The number of amides is 2. The minimum Gasteiger partial charge on any atom is -0.481 e. The first kappa shape index (κ1) is 19.2. The van der Waals surface area contributed by atoms with E-state index in [9.17, 15) is 9.59 Å². The maximum atomic E-state index is 13.1. The molecule has 2 heterocycles. The van der Waals surface area contributed by atoms with Crippen LogP contribution in [-0.4, -0.2) is 54.2 Å². The Morgan fingerprint density at radius 2 is 1.82 bits per heavy atom. The van der Waals surface area contributed by atoms with Crippen LogP contribution in [0.15, 0.2) is 18.2 Å². The molecule has 2 amide bonds. The van der Waals surface area contributed by atoms with Crippen molar-refractivity contribution in [2.75, 3.05) is 31.1 Å². The summed E-state index contributed by atoms with van der Waals surface area (Å²) in [5.74, 6) is -0.205. The van der Waals surface area contributed by atoms with Crippen LogP contribution in [0.2, 0.25) is 0 Å². The molecule has 0 spiro atoms. The lowest BCUT2D eigenvalue weighted by molar-refractivity contribution is -0.137. The number of hydrogen-bond donors (Lipinski definition) is 2. The second kappa shape index (κ2) is 8.52. The first-order valence-corrected chi connectivity index (χ1v) is 10.7. The summed E-state index contributed by atoms with van der Waals surface area (Å²) in [5, 5.41) is 12.3. The standard InChI is InChI=1S/C22H31N3O3/c26-21(27)8-3-16-1-5-19(6-2-16)24-13-14-25(22(24)28)20-7-4-17-9-11-23-12-10-18(17)15-20/h4,7,15-16,19,23H,1-3,5-6,8-14H2,(H,26,27). The molecular formula is C22H31N3O3. The maximum Gasteiger partial charge on any atom is 0.324 e. The molecule has 1 saturated heterocycles. The van der Waals surface area contributed by atoms with Crippen LogP contribution in [0.1, 0.15) is 49.7 Å². The van der Waals surface area contributed by atoms with Crippen molar-refractivity contribution in [3.63, 3.8) is 0 Å². The van der Waals surface area contributed by atoms with Crippen LogP contribution in [0.3, 0.4) is 0 Å². The fraction of sp³-hybridized carbons (Fsp3) is 0.636. The summed E-state index contributed by atoms with van der Waals surface area (Å²) in [6.45, 7) is 3.58. The summed E-state index contributed by atoms with van der Waals surface area (Å²) >= 11 is 0. The molecule has 0 aromatic heterocycles. The van der Waals surface area contributed by atoms with E-state index in [1.165, 1.54) is 11.1 Å². The van der Waals surface area contributed by atoms with Gasteiger partial charge < -0.3 is 15.3 Å². The van der Waals surface area contributed by atoms with Crippen LogP contribution in [-0.2, 0) is 17.6 Å². The number of benzene rings is 1. The van der Waals surface area contributed by atoms with Gasteiger partial charge in [0.15, 0.2) is 0 Å². The lowest BCUT2D eigenvalue weighted by atomic mass is 9.83. The van der Waals surface area contributed by atoms with Gasteiger partial charge in [-0.2, -0.15) is 0 Å². The molecule has 1 aliphatic carbocycles. The Bertz CT molecular complexity index is 728. The van der Waals surface area contributed by atoms with Gasteiger partial charge in [0.25, 0.3) is 0 Å². The molecular weight excluding hydrogens is 354 g/mol. The Morgan fingerprint density at radius 3 is 2.57 bits per heavy atom. The van der Waals surface area contributed by atoms with Crippen LogP contribution in [0.4, 0.5) is 10.5 Å². The van der Waals surface area contributed by atoms with Crippen LogP contribution in [0.25, 0.3) is 0 Å². The van der Waals surface area contributed by atoms with Crippen LogP contribution in [0, 0.1) is 5.92 Å². The predicted octanol–water partition coefficient (Wildman–Crippen LogP) is 3.04. The van der Waals surface area contributed by atoms with Gasteiger partial charge in [-0.15, -0.1) is 0 Å². The molecule has 3 aliphatic rings. The van der Waals surface area contributed by atoms with E-state index >= 15 is 0 Å². The molecule has 152 valence electrons. The van der Waals surface area contributed by atoms with Crippen molar-refractivity contribution in [2.45, 2.75) is 57.4 Å². The molecule has 1 saturated carbocycles. The van der Waals surface area contributed by atoms with Gasteiger partial charge in [-0.3, -0.25) is 9.69 Å². The van der Waals surface area contributed by atoms with Crippen molar-refractivity contribution in [1.82, 2.24) is 10.2 Å². The molecule has 28 heavy (non-hydrogen) atoms. The summed E-state index contributed by atoms with van der Waals surface area (Å²) in [6, 6.07) is 6.96. The van der Waals surface area contributed by atoms with E-state index in [1.54, 1.807) is 0 Å². The Kier molecular flexibility index (Phi) is 5.85. The molecule has 0 bridgehead atoms. The molecule has 6 nitrogen and oxygen atoms in total. The van der Waals surface area contributed by atoms with Crippen LogP contribution in [0.5, 0.6) is 0 Å². The number of urea groups is 1. The molecule has 0 radical (unpaired) electrons. The highest BCUT2D eigenvalue weighted by molar-refractivity contribution is 5.94. The fourth-order valence-electron chi connectivity index (χ4n) is 5.03.